The molecule has 7 heteroatoms. The highest BCUT2D eigenvalue weighted by atomic mass is 32.2. The van der Waals surface area contributed by atoms with Gasteiger partial charge in [-0.1, -0.05) is 0 Å². The largest absolute Gasteiger partial charge is 0.481 e. The minimum absolute atomic E-state index is 0.184. The Morgan fingerprint density at radius 1 is 1.56 bits per heavy atom. The standard InChI is InChI=1S/C11H18N2O4S/c1-11(2,10(14)15)9-4-3-6-13(8-9)18(16,17)7-5-12/h9H,3-4,6-8H2,1-2H3,(H,14,15). The van der Waals surface area contributed by atoms with E-state index in [1.807, 2.05) is 0 Å². The number of hydrogen-bond donors (Lipinski definition) is 1. The summed E-state index contributed by atoms with van der Waals surface area (Å²) in [6.07, 6.45) is 1.32. The van der Waals surface area contributed by atoms with Crippen molar-refractivity contribution < 1.29 is 18.3 Å². The molecule has 1 aliphatic rings. The van der Waals surface area contributed by atoms with E-state index in [1.54, 1.807) is 19.9 Å². The summed E-state index contributed by atoms with van der Waals surface area (Å²) in [7, 11) is -3.57. The van der Waals surface area contributed by atoms with E-state index in [9.17, 15) is 13.2 Å². The second-order valence-electron chi connectivity index (χ2n) is 5.14. The molecule has 0 spiro atoms. The Morgan fingerprint density at radius 2 is 2.17 bits per heavy atom. The molecule has 1 atom stereocenters. The van der Waals surface area contributed by atoms with Gasteiger partial charge in [-0.15, -0.1) is 0 Å². The maximum absolute atomic E-state index is 11.8. The predicted octanol–water partition coefficient (Wildman–Crippen LogP) is 0.663. The van der Waals surface area contributed by atoms with Gasteiger partial charge in [-0.05, 0) is 32.6 Å². The highest BCUT2D eigenvalue weighted by molar-refractivity contribution is 7.89. The zero-order valence-corrected chi connectivity index (χ0v) is 11.4. The van der Waals surface area contributed by atoms with E-state index in [4.69, 9.17) is 10.4 Å². The first-order valence-electron chi connectivity index (χ1n) is 5.80. The van der Waals surface area contributed by atoms with Crippen LogP contribution in [0.5, 0.6) is 0 Å². The Hall–Kier alpha value is -1.13. The first-order chi connectivity index (χ1) is 8.21. The molecule has 0 bridgehead atoms. The normalized spacial score (nSPS) is 22.4. The van der Waals surface area contributed by atoms with Crippen LogP contribution in [0.4, 0.5) is 0 Å². The molecule has 18 heavy (non-hydrogen) atoms. The van der Waals surface area contributed by atoms with Crippen molar-refractivity contribution >= 4 is 16.0 Å². The number of sulfonamides is 1. The smallest absolute Gasteiger partial charge is 0.309 e. The van der Waals surface area contributed by atoms with Crippen LogP contribution in [0, 0.1) is 22.7 Å². The zero-order valence-electron chi connectivity index (χ0n) is 10.6. The Morgan fingerprint density at radius 3 is 2.67 bits per heavy atom. The number of carboxylic acids is 1. The van der Waals surface area contributed by atoms with Crippen molar-refractivity contribution in [3.8, 4) is 6.07 Å². The van der Waals surface area contributed by atoms with Crippen LogP contribution >= 0.6 is 0 Å². The van der Waals surface area contributed by atoms with E-state index in [1.165, 1.54) is 4.31 Å². The molecular formula is C11H18N2O4S. The monoisotopic (exact) mass is 274 g/mol. The van der Waals surface area contributed by atoms with Crippen molar-refractivity contribution in [1.82, 2.24) is 4.31 Å². The Kier molecular flexibility index (Phi) is 4.35. The van der Waals surface area contributed by atoms with E-state index < -0.39 is 27.2 Å². The van der Waals surface area contributed by atoms with Gasteiger partial charge in [-0.25, -0.2) is 12.7 Å². The number of piperidine rings is 1. The van der Waals surface area contributed by atoms with Gasteiger partial charge in [0, 0.05) is 13.1 Å². The molecule has 1 aliphatic heterocycles. The minimum Gasteiger partial charge on any atom is -0.481 e. The third kappa shape index (κ3) is 3.00. The lowest BCUT2D eigenvalue weighted by Crippen LogP contribution is -2.47. The van der Waals surface area contributed by atoms with Crippen LogP contribution in [0.1, 0.15) is 26.7 Å². The molecule has 0 saturated carbocycles. The van der Waals surface area contributed by atoms with Crippen LogP contribution < -0.4 is 0 Å². The number of carboxylic acid groups (broad SMARTS) is 1. The van der Waals surface area contributed by atoms with Crippen molar-refractivity contribution in [2.24, 2.45) is 11.3 Å². The number of carbonyl (C=O) groups is 1. The van der Waals surface area contributed by atoms with E-state index in [2.05, 4.69) is 0 Å². The molecule has 0 radical (unpaired) electrons. The molecule has 1 heterocycles. The number of nitrogens with zero attached hydrogens (tertiary/aromatic N) is 2. The fourth-order valence-electron chi connectivity index (χ4n) is 2.13. The summed E-state index contributed by atoms with van der Waals surface area (Å²) >= 11 is 0. The topological polar surface area (TPSA) is 98.5 Å². The predicted molar refractivity (Wildman–Crippen MR) is 65.1 cm³/mol. The van der Waals surface area contributed by atoms with Gasteiger partial charge in [0.2, 0.25) is 10.0 Å². The molecule has 1 fully saturated rings. The SMILES string of the molecule is CC(C)(C(=O)O)C1CCCN(S(=O)(=O)CC#N)C1. The summed E-state index contributed by atoms with van der Waals surface area (Å²) in [4.78, 5) is 11.2. The van der Waals surface area contributed by atoms with Gasteiger partial charge in [0.15, 0.2) is 5.75 Å². The summed E-state index contributed by atoms with van der Waals surface area (Å²) in [6.45, 7) is 3.78. The fraction of sp³-hybridized carbons (Fsp3) is 0.818. The number of nitriles is 1. The first-order valence-corrected chi connectivity index (χ1v) is 7.41. The van der Waals surface area contributed by atoms with Crippen LogP contribution in [-0.4, -0.2) is 42.6 Å². The van der Waals surface area contributed by atoms with Gasteiger partial charge in [0.25, 0.3) is 0 Å². The number of hydrogen-bond acceptors (Lipinski definition) is 4. The van der Waals surface area contributed by atoms with Gasteiger partial charge in [-0.3, -0.25) is 4.79 Å². The highest BCUT2D eigenvalue weighted by Gasteiger charge is 2.41. The highest BCUT2D eigenvalue weighted by Crippen LogP contribution is 2.34. The zero-order chi connectivity index (χ0) is 14.0. The summed E-state index contributed by atoms with van der Waals surface area (Å²) in [6, 6.07) is 1.64. The fourth-order valence-corrected chi connectivity index (χ4v) is 3.29. The van der Waals surface area contributed by atoms with E-state index in [0.29, 0.717) is 19.4 Å². The van der Waals surface area contributed by atoms with E-state index >= 15 is 0 Å². The summed E-state index contributed by atoms with van der Waals surface area (Å²) in [5.74, 6) is -1.70. The molecular weight excluding hydrogens is 256 g/mol. The van der Waals surface area contributed by atoms with Crippen molar-refractivity contribution in [2.45, 2.75) is 26.7 Å². The van der Waals surface area contributed by atoms with E-state index in [0.717, 1.165) is 0 Å². The van der Waals surface area contributed by atoms with Gasteiger partial charge in [0.1, 0.15) is 0 Å². The molecule has 0 amide bonds. The second kappa shape index (κ2) is 5.24. The van der Waals surface area contributed by atoms with Crippen LogP contribution in [0.2, 0.25) is 0 Å². The Labute approximate surface area is 107 Å². The van der Waals surface area contributed by atoms with Crippen molar-refractivity contribution in [2.75, 3.05) is 18.8 Å². The number of aliphatic carboxylic acids is 1. The van der Waals surface area contributed by atoms with Gasteiger partial charge >= 0.3 is 5.97 Å². The number of rotatable bonds is 4. The summed E-state index contributed by atoms with van der Waals surface area (Å²) in [5, 5.41) is 17.7. The Balaban J connectivity index is 2.86. The van der Waals surface area contributed by atoms with Crippen LogP contribution in [0.3, 0.4) is 0 Å². The molecule has 1 rings (SSSR count). The quantitative estimate of drug-likeness (QED) is 0.812. The molecule has 6 nitrogen and oxygen atoms in total. The molecule has 1 N–H and O–H groups in total. The van der Waals surface area contributed by atoms with Crippen molar-refractivity contribution in [1.29, 1.82) is 5.26 Å². The molecule has 102 valence electrons. The molecule has 1 saturated heterocycles. The summed E-state index contributed by atoms with van der Waals surface area (Å²) in [5.41, 5.74) is -0.958. The first kappa shape index (κ1) is 14.9. The lowest BCUT2D eigenvalue weighted by Gasteiger charge is -2.38. The van der Waals surface area contributed by atoms with Crippen LogP contribution in [0.15, 0.2) is 0 Å². The van der Waals surface area contributed by atoms with Crippen LogP contribution in [0.25, 0.3) is 0 Å². The molecule has 0 aliphatic carbocycles. The molecule has 0 aromatic carbocycles. The lowest BCUT2D eigenvalue weighted by atomic mass is 9.75. The average molecular weight is 274 g/mol. The minimum atomic E-state index is -3.57. The van der Waals surface area contributed by atoms with Gasteiger partial charge in [0.05, 0.1) is 11.5 Å². The molecule has 0 aromatic heterocycles. The molecule has 1 unspecified atom stereocenters. The average Bonchev–Trinajstić information content (AvgIpc) is 2.29. The second-order valence-corrected chi connectivity index (χ2v) is 7.11. The Bertz CT molecular complexity index is 464. The van der Waals surface area contributed by atoms with Gasteiger partial charge in [-0.2, -0.15) is 5.26 Å². The maximum atomic E-state index is 11.8. The van der Waals surface area contributed by atoms with Crippen molar-refractivity contribution in [3.63, 3.8) is 0 Å². The van der Waals surface area contributed by atoms with E-state index in [-0.39, 0.29) is 12.5 Å². The van der Waals surface area contributed by atoms with Crippen molar-refractivity contribution in [3.05, 3.63) is 0 Å². The maximum Gasteiger partial charge on any atom is 0.309 e. The summed E-state index contributed by atoms with van der Waals surface area (Å²) < 4.78 is 24.8. The van der Waals surface area contributed by atoms with Gasteiger partial charge < -0.3 is 5.11 Å². The molecule has 0 aromatic rings. The lowest BCUT2D eigenvalue weighted by molar-refractivity contribution is -0.151. The van der Waals surface area contributed by atoms with Crippen LogP contribution in [-0.2, 0) is 14.8 Å². The third-order valence-electron chi connectivity index (χ3n) is 3.60. The third-order valence-corrected chi connectivity index (χ3v) is 5.21.